The van der Waals surface area contributed by atoms with Crippen molar-refractivity contribution in [3.05, 3.63) is 23.7 Å². The van der Waals surface area contributed by atoms with Gasteiger partial charge in [-0.25, -0.2) is 9.97 Å². The molecule has 108 valence electrons. The number of rotatable bonds is 5. The fourth-order valence-electron chi connectivity index (χ4n) is 1.91. The van der Waals surface area contributed by atoms with E-state index < -0.39 is 0 Å². The Kier molecular flexibility index (Phi) is 4.37. The van der Waals surface area contributed by atoms with Crippen LogP contribution in [0, 0.1) is 13.8 Å². The number of anilines is 1. The van der Waals surface area contributed by atoms with Gasteiger partial charge in [0, 0.05) is 30.0 Å². The van der Waals surface area contributed by atoms with Crippen molar-refractivity contribution >= 4 is 5.82 Å². The van der Waals surface area contributed by atoms with E-state index in [1.54, 1.807) is 0 Å². The summed E-state index contributed by atoms with van der Waals surface area (Å²) in [7, 11) is 0. The van der Waals surface area contributed by atoms with Gasteiger partial charge in [0.1, 0.15) is 5.82 Å². The smallest absolute Gasteiger partial charge is 0.164 e. The summed E-state index contributed by atoms with van der Waals surface area (Å²) < 4.78 is 1.92. The Labute approximate surface area is 120 Å². The van der Waals surface area contributed by atoms with Crippen molar-refractivity contribution in [3.63, 3.8) is 0 Å². The van der Waals surface area contributed by atoms with Crippen molar-refractivity contribution in [2.75, 3.05) is 11.9 Å². The molecule has 1 N–H and O–H groups in total. The Bertz CT molecular complexity index is 586. The summed E-state index contributed by atoms with van der Waals surface area (Å²) in [6, 6.07) is 0.341. The lowest BCUT2D eigenvalue weighted by molar-refractivity contribution is 0.532. The van der Waals surface area contributed by atoms with Gasteiger partial charge in [-0.15, -0.1) is 0 Å². The fraction of sp³-hybridized carbons (Fsp3) is 0.533. The maximum absolute atomic E-state index is 4.64. The molecule has 5 nitrogen and oxygen atoms in total. The van der Waals surface area contributed by atoms with Gasteiger partial charge in [0.2, 0.25) is 0 Å². The van der Waals surface area contributed by atoms with Crippen molar-refractivity contribution in [1.82, 2.24) is 19.7 Å². The monoisotopic (exact) mass is 273 g/mol. The van der Waals surface area contributed by atoms with E-state index >= 15 is 0 Å². The first-order valence-electron chi connectivity index (χ1n) is 7.16. The van der Waals surface area contributed by atoms with Gasteiger partial charge in [-0.1, -0.05) is 6.92 Å². The molecular weight excluding hydrogens is 250 g/mol. The van der Waals surface area contributed by atoms with Gasteiger partial charge in [-0.2, -0.15) is 5.10 Å². The van der Waals surface area contributed by atoms with Gasteiger partial charge >= 0.3 is 0 Å². The van der Waals surface area contributed by atoms with Crippen LogP contribution in [0.15, 0.2) is 12.4 Å². The van der Waals surface area contributed by atoms with Gasteiger partial charge < -0.3 is 5.32 Å². The zero-order chi connectivity index (χ0) is 14.7. The standard InChI is InChI=1S/C15H23N5/c1-6-7-16-14-11(4)12(5)18-15(19-14)13-8-17-20(9-13)10(2)3/h8-10H,6-7H2,1-5H3,(H,16,18,19). The highest BCUT2D eigenvalue weighted by atomic mass is 15.3. The zero-order valence-electron chi connectivity index (χ0n) is 12.9. The first kappa shape index (κ1) is 14.5. The molecule has 2 heterocycles. The van der Waals surface area contributed by atoms with Crippen LogP contribution in [0.25, 0.3) is 11.4 Å². The maximum Gasteiger partial charge on any atom is 0.164 e. The molecule has 0 radical (unpaired) electrons. The third-order valence-electron chi connectivity index (χ3n) is 3.32. The van der Waals surface area contributed by atoms with Gasteiger partial charge in [-0.05, 0) is 34.1 Å². The highest BCUT2D eigenvalue weighted by Crippen LogP contribution is 2.22. The summed E-state index contributed by atoms with van der Waals surface area (Å²) in [4.78, 5) is 9.22. The molecule has 0 aromatic carbocycles. The van der Waals surface area contributed by atoms with Crippen LogP contribution >= 0.6 is 0 Å². The Morgan fingerprint density at radius 3 is 2.60 bits per heavy atom. The van der Waals surface area contributed by atoms with Gasteiger partial charge in [0.15, 0.2) is 5.82 Å². The topological polar surface area (TPSA) is 55.6 Å². The molecule has 0 aliphatic rings. The third-order valence-corrected chi connectivity index (χ3v) is 3.32. The lowest BCUT2D eigenvalue weighted by Crippen LogP contribution is -2.07. The second kappa shape index (κ2) is 6.03. The molecule has 20 heavy (non-hydrogen) atoms. The Hall–Kier alpha value is -1.91. The van der Waals surface area contributed by atoms with E-state index in [9.17, 15) is 0 Å². The minimum absolute atomic E-state index is 0.341. The van der Waals surface area contributed by atoms with E-state index in [0.717, 1.165) is 41.4 Å². The molecule has 2 rings (SSSR count). The van der Waals surface area contributed by atoms with Crippen molar-refractivity contribution in [2.45, 2.75) is 47.1 Å². The molecule has 0 amide bonds. The Morgan fingerprint density at radius 1 is 1.25 bits per heavy atom. The SMILES string of the molecule is CCCNc1nc(-c2cnn(C(C)C)c2)nc(C)c1C. The molecule has 0 atom stereocenters. The number of aryl methyl sites for hydroxylation is 1. The highest BCUT2D eigenvalue weighted by molar-refractivity contribution is 5.58. The number of hydrogen-bond acceptors (Lipinski definition) is 4. The van der Waals surface area contributed by atoms with Gasteiger partial charge in [0.25, 0.3) is 0 Å². The van der Waals surface area contributed by atoms with Crippen LogP contribution in [0.1, 0.15) is 44.5 Å². The lowest BCUT2D eigenvalue weighted by atomic mass is 10.2. The van der Waals surface area contributed by atoms with Crippen LogP contribution in [-0.2, 0) is 0 Å². The van der Waals surface area contributed by atoms with Gasteiger partial charge in [0.05, 0.1) is 11.8 Å². The molecule has 0 fully saturated rings. The molecule has 0 saturated heterocycles. The average Bonchev–Trinajstić information content (AvgIpc) is 2.90. The molecule has 0 aliphatic heterocycles. The number of hydrogen-bond donors (Lipinski definition) is 1. The summed E-state index contributed by atoms with van der Waals surface area (Å²) in [5.74, 6) is 1.66. The first-order valence-corrected chi connectivity index (χ1v) is 7.16. The van der Waals surface area contributed by atoms with Crippen LogP contribution in [0.3, 0.4) is 0 Å². The van der Waals surface area contributed by atoms with Gasteiger partial charge in [-0.3, -0.25) is 4.68 Å². The van der Waals surface area contributed by atoms with Crippen molar-refractivity contribution in [1.29, 1.82) is 0 Å². The predicted molar refractivity (Wildman–Crippen MR) is 81.9 cm³/mol. The molecule has 5 heteroatoms. The number of nitrogens with zero attached hydrogens (tertiary/aromatic N) is 4. The largest absolute Gasteiger partial charge is 0.370 e. The molecule has 2 aromatic heterocycles. The molecule has 2 aromatic rings. The van der Waals surface area contributed by atoms with E-state index in [4.69, 9.17) is 0 Å². The third kappa shape index (κ3) is 2.98. The summed E-state index contributed by atoms with van der Waals surface area (Å²) in [5, 5.41) is 7.72. The first-order chi connectivity index (χ1) is 9.52. The highest BCUT2D eigenvalue weighted by Gasteiger charge is 2.11. The number of aromatic nitrogens is 4. The van der Waals surface area contributed by atoms with E-state index in [1.807, 2.05) is 24.0 Å². The minimum Gasteiger partial charge on any atom is -0.370 e. The van der Waals surface area contributed by atoms with Crippen LogP contribution < -0.4 is 5.32 Å². The maximum atomic E-state index is 4.64. The van der Waals surface area contributed by atoms with Crippen molar-refractivity contribution < 1.29 is 0 Å². The van der Waals surface area contributed by atoms with Crippen LogP contribution in [-0.4, -0.2) is 26.3 Å². The summed E-state index contributed by atoms with van der Waals surface area (Å²) >= 11 is 0. The normalized spacial score (nSPS) is 11.1. The van der Waals surface area contributed by atoms with Crippen molar-refractivity contribution in [3.8, 4) is 11.4 Å². The fourth-order valence-corrected chi connectivity index (χ4v) is 1.91. The molecule has 0 bridgehead atoms. The number of nitrogens with one attached hydrogen (secondary N) is 1. The summed E-state index contributed by atoms with van der Waals surface area (Å²) in [6.07, 6.45) is 4.90. The average molecular weight is 273 g/mol. The van der Waals surface area contributed by atoms with Crippen LogP contribution in [0.2, 0.25) is 0 Å². The molecule has 0 unspecified atom stereocenters. The second-order valence-corrected chi connectivity index (χ2v) is 5.34. The molecule has 0 spiro atoms. The summed E-state index contributed by atoms with van der Waals surface area (Å²) in [6.45, 7) is 11.3. The molecular formula is C15H23N5. The van der Waals surface area contributed by atoms with Crippen LogP contribution in [0.5, 0.6) is 0 Å². The summed E-state index contributed by atoms with van der Waals surface area (Å²) in [5.41, 5.74) is 3.07. The quantitative estimate of drug-likeness (QED) is 0.907. The lowest BCUT2D eigenvalue weighted by Gasteiger charge is -2.11. The van der Waals surface area contributed by atoms with Crippen LogP contribution in [0.4, 0.5) is 5.82 Å². The predicted octanol–water partition coefficient (Wildman–Crippen LogP) is 3.36. The van der Waals surface area contributed by atoms with E-state index in [0.29, 0.717) is 6.04 Å². The van der Waals surface area contributed by atoms with E-state index in [1.165, 1.54) is 0 Å². The Balaban J connectivity index is 2.37. The van der Waals surface area contributed by atoms with E-state index in [2.05, 4.69) is 48.1 Å². The Morgan fingerprint density at radius 2 is 2.00 bits per heavy atom. The zero-order valence-corrected chi connectivity index (χ0v) is 12.9. The molecule has 0 aliphatic carbocycles. The van der Waals surface area contributed by atoms with E-state index in [-0.39, 0.29) is 0 Å². The molecule has 0 saturated carbocycles. The minimum atomic E-state index is 0.341. The second-order valence-electron chi connectivity index (χ2n) is 5.34. The van der Waals surface area contributed by atoms with Crippen molar-refractivity contribution in [2.24, 2.45) is 0 Å².